The molecule has 1 unspecified atom stereocenters. The maximum atomic E-state index is 9.49. The van der Waals surface area contributed by atoms with Gasteiger partial charge in [0.1, 0.15) is 12.7 Å². The van der Waals surface area contributed by atoms with Crippen LogP contribution in [-0.4, -0.2) is 51.8 Å². The third kappa shape index (κ3) is 5.08. The number of aliphatic hydroxyl groups excluding tert-OH is 2. The summed E-state index contributed by atoms with van der Waals surface area (Å²) in [6.45, 7) is 3.48. The summed E-state index contributed by atoms with van der Waals surface area (Å²) in [7, 11) is 1.47. The second-order valence-electron chi connectivity index (χ2n) is 6.80. The molecule has 0 amide bonds. The first kappa shape index (κ1) is 22.0. The summed E-state index contributed by atoms with van der Waals surface area (Å²) in [4.78, 5) is 9.02. The Bertz CT molecular complexity index is 1010. The number of aliphatic hydroxyl groups is 2. The first-order valence-electron chi connectivity index (χ1n) is 9.56. The van der Waals surface area contributed by atoms with Crippen molar-refractivity contribution in [2.24, 2.45) is 0 Å². The molecule has 0 saturated heterocycles. The van der Waals surface area contributed by atoms with E-state index in [9.17, 15) is 5.11 Å². The maximum Gasteiger partial charge on any atom is 0.258 e. The molecule has 0 aliphatic heterocycles. The first-order valence-corrected chi connectivity index (χ1v) is 9.94. The molecule has 30 heavy (non-hydrogen) atoms. The van der Waals surface area contributed by atoms with Crippen molar-refractivity contribution in [3.05, 3.63) is 40.7 Å². The molecule has 0 aliphatic carbocycles. The summed E-state index contributed by atoms with van der Waals surface area (Å²) >= 11 is 6.35. The van der Waals surface area contributed by atoms with E-state index in [1.54, 1.807) is 12.1 Å². The molecule has 0 bridgehead atoms. The van der Waals surface area contributed by atoms with Crippen LogP contribution in [0.2, 0.25) is 5.02 Å². The Kier molecular flexibility index (Phi) is 7.25. The van der Waals surface area contributed by atoms with Gasteiger partial charge in [0.2, 0.25) is 5.82 Å². The van der Waals surface area contributed by atoms with Gasteiger partial charge in [-0.2, -0.15) is 4.98 Å². The van der Waals surface area contributed by atoms with Crippen LogP contribution in [0.5, 0.6) is 11.5 Å². The third-order valence-electron chi connectivity index (χ3n) is 4.30. The minimum atomic E-state index is -1.02. The second kappa shape index (κ2) is 9.88. The van der Waals surface area contributed by atoms with Crippen LogP contribution in [0.3, 0.4) is 0 Å². The molecule has 0 aliphatic rings. The molecular weight excluding hydrogens is 410 g/mol. The third-order valence-corrected chi connectivity index (χ3v) is 4.58. The summed E-state index contributed by atoms with van der Waals surface area (Å²) in [6, 6.07) is 7.14. The number of aromatic nitrogens is 3. The molecule has 8 nitrogen and oxygen atoms in total. The molecule has 0 spiro atoms. The van der Waals surface area contributed by atoms with E-state index in [4.69, 9.17) is 30.7 Å². The molecule has 3 rings (SSSR count). The highest BCUT2D eigenvalue weighted by Gasteiger charge is 2.18. The van der Waals surface area contributed by atoms with Crippen molar-refractivity contribution in [2.75, 3.05) is 20.3 Å². The average molecular weight is 434 g/mol. The summed E-state index contributed by atoms with van der Waals surface area (Å²) in [5.41, 5.74) is 3.25. The Balaban J connectivity index is 1.91. The fraction of sp³-hybridized carbons (Fsp3) is 0.381. The molecule has 2 aromatic heterocycles. The summed E-state index contributed by atoms with van der Waals surface area (Å²) in [6.07, 6.45) is 0.841. The largest absolute Gasteiger partial charge is 0.493 e. The van der Waals surface area contributed by atoms with Gasteiger partial charge in [0.25, 0.3) is 5.89 Å². The molecule has 160 valence electrons. The van der Waals surface area contributed by atoms with Crippen molar-refractivity contribution < 1.29 is 24.2 Å². The lowest BCUT2D eigenvalue weighted by Crippen LogP contribution is -2.21. The molecule has 0 radical (unpaired) electrons. The maximum absolute atomic E-state index is 9.49. The Morgan fingerprint density at radius 1 is 1.17 bits per heavy atom. The highest BCUT2D eigenvalue weighted by Crippen LogP contribution is 2.39. The lowest BCUT2D eigenvalue weighted by Gasteiger charge is -2.15. The lowest BCUT2D eigenvalue weighted by molar-refractivity contribution is 0.0528. The molecule has 0 saturated carbocycles. The number of aryl methyl sites for hydroxylation is 2. The number of methoxy groups -OCH3 is 1. The first-order chi connectivity index (χ1) is 14.4. The van der Waals surface area contributed by atoms with Gasteiger partial charge in [0.15, 0.2) is 11.5 Å². The molecule has 3 aromatic rings. The van der Waals surface area contributed by atoms with Crippen LogP contribution in [0, 0.1) is 6.92 Å². The summed E-state index contributed by atoms with van der Waals surface area (Å²) in [5, 5.41) is 22.8. The normalized spacial score (nSPS) is 12.1. The van der Waals surface area contributed by atoms with Gasteiger partial charge in [-0.15, -0.1) is 0 Å². The van der Waals surface area contributed by atoms with Crippen LogP contribution < -0.4 is 9.47 Å². The summed E-state index contributed by atoms with van der Waals surface area (Å²) < 4.78 is 16.3. The van der Waals surface area contributed by atoms with E-state index in [2.05, 4.69) is 22.0 Å². The number of benzene rings is 1. The Morgan fingerprint density at radius 2 is 1.97 bits per heavy atom. The van der Waals surface area contributed by atoms with Crippen molar-refractivity contribution in [3.63, 3.8) is 0 Å². The van der Waals surface area contributed by atoms with Crippen molar-refractivity contribution in [3.8, 4) is 34.3 Å². The topological polar surface area (TPSA) is 111 Å². The van der Waals surface area contributed by atoms with Gasteiger partial charge in [0.05, 0.1) is 18.7 Å². The van der Waals surface area contributed by atoms with Crippen molar-refractivity contribution >= 4 is 11.6 Å². The standard InChI is InChI=1S/C21H24ClN3O5/c1-4-5-15-7-14(6-12(2)23-15)21-24-20(25-30-21)13-8-17(22)19(18(9-13)28-3)29-11-16(27)10-26/h6-9,16,26-27H,4-5,10-11H2,1-3H3. The number of ether oxygens (including phenoxy) is 2. The van der Waals surface area contributed by atoms with Crippen LogP contribution in [0.25, 0.3) is 22.8 Å². The quantitative estimate of drug-likeness (QED) is 0.527. The minimum Gasteiger partial charge on any atom is -0.493 e. The van der Waals surface area contributed by atoms with E-state index in [0.717, 1.165) is 29.8 Å². The Hall–Kier alpha value is -2.68. The second-order valence-corrected chi connectivity index (χ2v) is 7.21. The van der Waals surface area contributed by atoms with E-state index >= 15 is 0 Å². The predicted molar refractivity (Wildman–Crippen MR) is 112 cm³/mol. The van der Waals surface area contributed by atoms with Crippen LogP contribution in [0.1, 0.15) is 24.7 Å². The SMILES string of the molecule is CCCc1cc(-c2nc(-c3cc(Cl)c(OCC(O)CO)c(OC)c3)no2)cc(C)n1. The number of hydrogen-bond donors (Lipinski definition) is 2. The van der Waals surface area contributed by atoms with Gasteiger partial charge < -0.3 is 24.2 Å². The molecule has 1 aromatic carbocycles. The van der Waals surface area contributed by atoms with E-state index < -0.39 is 12.7 Å². The highest BCUT2D eigenvalue weighted by atomic mass is 35.5. The zero-order valence-electron chi connectivity index (χ0n) is 17.1. The number of hydrogen-bond acceptors (Lipinski definition) is 8. The van der Waals surface area contributed by atoms with Gasteiger partial charge in [-0.25, -0.2) is 0 Å². The minimum absolute atomic E-state index is 0.125. The Morgan fingerprint density at radius 3 is 2.67 bits per heavy atom. The number of nitrogens with zero attached hydrogens (tertiary/aromatic N) is 3. The van der Waals surface area contributed by atoms with Gasteiger partial charge in [-0.1, -0.05) is 30.1 Å². The Labute approximate surface area is 179 Å². The smallest absolute Gasteiger partial charge is 0.258 e. The highest BCUT2D eigenvalue weighted by molar-refractivity contribution is 6.32. The van der Waals surface area contributed by atoms with Gasteiger partial charge in [-0.3, -0.25) is 4.98 Å². The van der Waals surface area contributed by atoms with Crippen LogP contribution in [0.4, 0.5) is 0 Å². The molecule has 2 N–H and O–H groups in total. The van der Waals surface area contributed by atoms with Gasteiger partial charge in [0, 0.05) is 22.5 Å². The fourth-order valence-corrected chi connectivity index (χ4v) is 3.19. The number of pyridine rings is 1. The fourth-order valence-electron chi connectivity index (χ4n) is 2.92. The zero-order valence-corrected chi connectivity index (χ0v) is 17.8. The molecular formula is C21H24ClN3O5. The zero-order chi connectivity index (χ0) is 21.7. The van der Waals surface area contributed by atoms with E-state index in [-0.39, 0.29) is 17.4 Å². The molecule has 1 atom stereocenters. The molecule has 2 heterocycles. The van der Waals surface area contributed by atoms with Crippen LogP contribution in [-0.2, 0) is 6.42 Å². The van der Waals surface area contributed by atoms with Crippen LogP contribution >= 0.6 is 11.6 Å². The van der Waals surface area contributed by atoms with Crippen molar-refractivity contribution in [1.82, 2.24) is 15.1 Å². The van der Waals surface area contributed by atoms with Crippen LogP contribution in [0.15, 0.2) is 28.8 Å². The van der Waals surface area contributed by atoms with Crippen molar-refractivity contribution in [2.45, 2.75) is 32.8 Å². The molecule has 9 heteroatoms. The lowest BCUT2D eigenvalue weighted by atomic mass is 10.1. The van der Waals surface area contributed by atoms with E-state index in [0.29, 0.717) is 23.0 Å². The average Bonchev–Trinajstić information content (AvgIpc) is 3.22. The van der Waals surface area contributed by atoms with Crippen molar-refractivity contribution in [1.29, 1.82) is 0 Å². The number of halogens is 1. The van der Waals surface area contributed by atoms with E-state index in [1.165, 1.54) is 7.11 Å². The predicted octanol–water partition coefficient (Wildman–Crippen LogP) is 3.45. The monoisotopic (exact) mass is 433 g/mol. The molecule has 0 fully saturated rings. The summed E-state index contributed by atoms with van der Waals surface area (Å²) in [5.74, 6) is 1.33. The van der Waals surface area contributed by atoms with E-state index in [1.807, 2.05) is 19.1 Å². The van der Waals surface area contributed by atoms with Gasteiger partial charge in [-0.05, 0) is 37.6 Å². The number of rotatable bonds is 9. The van der Waals surface area contributed by atoms with Gasteiger partial charge >= 0.3 is 0 Å².